The number of hydrogen-bond donors (Lipinski definition) is 2. The molecular formula is C15H21NO3S. The number of thioether (sulfide) groups is 1. The molecule has 0 spiro atoms. The minimum absolute atomic E-state index is 0.109. The second-order valence-corrected chi connectivity index (χ2v) is 5.71. The first kappa shape index (κ1) is 16.6. The minimum atomic E-state index is -0.861. The number of amides is 1. The van der Waals surface area contributed by atoms with Crippen molar-refractivity contribution < 1.29 is 14.7 Å². The highest BCUT2D eigenvalue weighted by Gasteiger charge is 2.15. The molecular weight excluding hydrogens is 274 g/mol. The van der Waals surface area contributed by atoms with Crippen molar-refractivity contribution in [3.05, 3.63) is 35.4 Å². The number of carbonyl (C=O) groups excluding carboxylic acids is 1. The van der Waals surface area contributed by atoms with Gasteiger partial charge in [0.15, 0.2) is 0 Å². The lowest BCUT2D eigenvalue weighted by atomic mass is 10.1. The molecule has 0 aromatic heterocycles. The number of hydrogen-bond acceptors (Lipinski definition) is 3. The van der Waals surface area contributed by atoms with Crippen LogP contribution in [0.25, 0.3) is 0 Å². The Kier molecular flexibility index (Phi) is 7.15. The van der Waals surface area contributed by atoms with Crippen molar-refractivity contribution in [2.24, 2.45) is 5.92 Å². The molecule has 0 radical (unpaired) electrons. The number of benzene rings is 1. The fourth-order valence-electron chi connectivity index (χ4n) is 1.64. The Morgan fingerprint density at radius 1 is 1.30 bits per heavy atom. The lowest BCUT2D eigenvalue weighted by Gasteiger charge is -2.10. The Morgan fingerprint density at radius 2 is 1.95 bits per heavy atom. The summed E-state index contributed by atoms with van der Waals surface area (Å²) in [7, 11) is 0. The van der Waals surface area contributed by atoms with Gasteiger partial charge in [0.05, 0.1) is 11.7 Å². The standard InChI is InChI=1S/C15H21NO3S/c1-3-13(15(18)19)8-16-14(17)10-20-9-12-6-4-11(2)5-7-12/h4-7,13H,3,8-10H2,1-2H3,(H,16,17)(H,18,19). The first-order chi connectivity index (χ1) is 9.52. The second kappa shape index (κ2) is 8.64. The predicted molar refractivity (Wildman–Crippen MR) is 81.8 cm³/mol. The molecule has 1 aromatic rings. The normalized spacial score (nSPS) is 11.9. The summed E-state index contributed by atoms with van der Waals surface area (Å²) in [6, 6.07) is 8.21. The second-order valence-electron chi connectivity index (χ2n) is 4.73. The molecule has 1 rings (SSSR count). The number of aryl methyl sites for hydroxylation is 1. The quantitative estimate of drug-likeness (QED) is 0.773. The molecule has 0 saturated heterocycles. The van der Waals surface area contributed by atoms with Gasteiger partial charge >= 0.3 is 5.97 Å². The van der Waals surface area contributed by atoms with E-state index in [1.165, 1.54) is 22.9 Å². The van der Waals surface area contributed by atoms with Crippen LogP contribution in [-0.2, 0) is 15.3 Å². The van der Waals surface area contributed by atoms with Crippen LogP contribution in [0.4, 0.5) is 0 Å². The van der Waals surface area contributed by atoms with Crippen LogP contribution in [0.15, 0.2) is 24.3 Å². The highest BCUT2D eigenvalue weighted by Crippen LogP contribution is 2.12. The summed E-state index contributed by atoms with van der Waals surface area (Å²) in [6.07, 6.45) is 0.520. The van der Waals surface area contributed by atoms with Gasteiger partial charge in [-0.25, -0.2) is 0 Å². The van der Waals surface area contributed by atoms with E-state index in [1.807, 2.05) is 6.92 Å². The maximum absolute atomic E-state index is 11.6. The molecule has 0 fully saturated rings. The Hall–Kier alpha value is -1.49. The summed E-state index contributed by atoms with van der Waals surface area (Å²) < 4.78 is 0. The largest absolute Gasteiger partial charge is 0.481 e. The molecule has 1 unspecified atom stereocenters. The summed E-state index contributed by atoms with van der Waals surface area (Å²) in [5.41, 5.74) is 2.40. The topological polar surface area (TPSA) is 66.4 Å². The molecule has 20 heavy (non-hydrogen) atoms. The van der Waals surface area contributed by atoms with Gasteiger partial charge in [0, 0.05) is 12.3 Å². The van der Waals surface area contributed by atoms with Crippen LogP contribution in [0.2, 0.25) is 0 Å². The fraction of sp³-hybridized carbons (Fsp3) is 0.467. The zero-order valence-electron chi connectivity index (χ0n) is 11.9. The Bertz CT molecular complexity index is 445. The van der Waals surface area contributed by atoms with Crippen LogP contribution in [0.1, 0.15) is 24.5 Å². The third-order valence-corrected chi connectivity index (χ3v) is 4.01. The maximum Gasteiger partial charge on any atom is 0.308 e. The van der Waals surface area contributed by atoms with Crippen molar-refractivity contribution in [3.63, 3.8) is 0 Å². The number of nitrogens with one attached hydrogen (secondary N) is 1. The summed E-state index contributed by atoms with van der Waals surface area (Å²) in [6.45, 7) is 4.05. The molecule has 110 valence electrons. The van der Waals surface area contributed by atoms with Gasteiger partial charge in [0.2, 0.25) is 5.91 Å². The van der Waals surface area contributed by atoms with Gasteiger partial charge in [-0.05, 0) is 18.9 Å². The summed E-state index contributed by atoms with van der Waals surface area (Å²) in [5, 5.41) is 11.5. The predicted octanol–water partition coefficient (Wildman–Crippen LogP) is 2.46. The smallest absolute Gasteiger partial charge is 0.308 e. The molecule has 1 atom stereocenters. The molecule has 1 amide bonds. The van der Waals surface area contributed by atoms with E-state index in [-0.39, 0.29) is 12.5 Å². The van der Waals surface area contributed by atoms with Crippen LogP contribution >= 0.6 is 11.8 Å². The van der Waals surface area contributed by atoms with E-state index >= 15 is 0 Å². The minimum Gasteiger partial charge on any atom is -0.481 e. The van der Waals surface area contributed by atoms with E-state index in [2.05, 4.69) is 29.6 Å². The average molecular weight is 295 g/mol. The molecule has 0 saturated carbocycles. The van der Waals surface area contributed by atoms with Crippen molar-refractivity contribution in [1.29, 1.82) is 0 Å². The molecule has 2 N–H and O–H groups in total. The zero-order chi connectivity index (χ0) is 15.0. The first-order valence-corrected chi connectivity index (χ1v) is 7.81. The van der Waals surface area contributed by atoms with Crippen molar-refractivity contribution in [1.82, 2.24) is 5.32 Å². The van der Waals surface area contributed by atoms with E-state index in [4.69, 9.17) is 5.11 Å². The Morgan fingerprint density at radius 3 is 2.50 bits per heavy atom. The summed E-state index contributed by atoms with van der Waals surface area (Å²) >= 11 is 1.53. The van der Waals surface area contributed by atoms with E-state index in [9.17, 15) is 9.59 Å². The van der Waals surface area contributed by atoms with Gasteiger partial charge in [-0.1, -0.05) is 36.8 Å². The SMILES string of the molecule is CCC(CNC(=O)CSCc1ccc(C)cc1)C(=O)O. The lowest BCUT2D eigenvalue weighted by molar-refractivity contribution is -0.141. The Labute approximate surface area is 124 Å². The number of carboxylic acids is 1. The fourth-order valence-corrected chi connectivity index (χ4v) is 2.46. The molecule has 0 heterocycles. The maximum atomic E-state index is 11.6. The average Bonchev–Trinajstić information content (AvgIpc) is 2.41. The molecule has 5 heteroatoms. The van der Waals surface area contributed by atoms with Gasteiger partial charge in [-0.15, -0.1) is 11.8 Å². The number of aliphatic carboxylic acids is 1. The van der Waals surface area contributed by atoms with Crippen molar-refractivity contribution in [2.75, 3.05) is 12.3 Å². The van der Waals surface area contributed by atoms with Crippen LogP contribution in [-0.4, -0.2) is 29.3 Å². The van der Waals surface area contributed by atoms with Gasteiger partial charge in [-0.2, -0.15) is 0 Å². The number of carbonyl (C=O) groups is 2. The highest BCUT2D eigenvalue weighted by molar-refractivity contribution is 7.99. The van der Waals surface area contributed by atoms with Crippen molar-refractivity contribution in [2.45, 2.75) is 26.0 Å². The lowest BCUT2D eigenvalue weighted by Crippen LogP contribution is -2.33. The highest BCUT2D eigenvalue weighted by atomic mass is 32.2. The third kappa shape index (κ3) is 6.10. The molecule has 0 aliphatic heterocycles. The van der Waals surface area contributed by atoms with E-state index in [0.717, 1.165) is 5.75 Å². The summed E-state index contributed by atoms with van der Waals surface area (Å²) in [4.78, 5) is 22.4. The van der Waals surface area contributed by atoms with Gasteiger partial charge in [0.1, 0.15) is 0 Å². The molecule has 0 bridgehead atoms. The van der Waals surface area contributed by atoms with E-state index < -0.39 is 11.9 Å². The van der Waals surface area contributed by atoms with Gasteiger partial charge in [0.25, 0.3) is 0 Å². The zero-order valence-corrected chi connectivity index (χ0v) is 12.7. The van der Waals surface area contributed by atoms with E-state index in [0.29, 0.717) is 12.2 Å². The van der Waals surface area contributed by atoms with Gasteiger partial charge in [-0.3, -0.25) is 9.59 Å². The van der Waals surface area contributed by atoms with Crippen molar-refractivity contribution in [3.8, 4) is 0 Å². The monoisotopic (exact) mass is 295 g/mol. The number of rotatable bonds is 8. The van der Waals surface area contributed by atoms with Crippen molar-refractivity contribution >= 4 is 23.6 Å². The molecule has 0 aliphatic carbocycles. The van der Waals surface area contributed by atoms with E-state index in [1.54, 1.807) is 6.92 Å². The summed E-state index contributed by atoms with van der Waals surface area (Å²) in [5.74, 6) is -0.337. The van der Waals surface area contributed by atoms with Crippen LogP contribution in [0, 0.1) is 12.8 Å². The van der Waals surface area contributed by atoms with Crippen LogP contribution < -0.4 is 5.32 Å². The molecule has 0 aliphatic rings. The Balaban J connectivity index is 2.23. The molecule has 4 nitrogen and oxygen atoms in total. The number of carboxylic acid groups (broad SMARTS) is 1. The first-order valence-electron chi connectivity index (χ1n) is 6.65. The van der Waals surface area contributed by atoms with Gasteiger partial charge < -0.3 is 10.4 Å². The van der Waals surface area contributed by atoms with Crippen LogP contribution in [0.3, 0.4) is 0 Å². The van der Waals surface area contributed by atoms with Crippen LogP contribution in [0.5, 0.6) is 0 Å². The third-order valence-electron chi connectivity index (χ3n) is 3.01. The molecule has 1 aromatic carbocycles.